The van der Waals surface area contributed by atoms with Crippen LogP contribution in [-0.2, 0) is 6.42 Å². The summed E-state index contributed by atoms with van der Waals surface area (Å²) in [6.45, 7) is 2.01. The van der Waals surface area contributed by atoms with Gasteiger partial charge >= 0.3 is 0 Å². The van der Waals surface area contributed by atoms with Crippen molar-refractivity contribution in [3.05, 3.63) is 53.8 Å². The third-order valence-corrected chi connectivity index (χ3v) is 3.30. The molecule has 0 aromatic heterocycles. The highest BCUT2D eigenvalue weighted by Crippen LogP contribution is 2.29. The van der Waals surface area contributed by atoms with Gasteiger partial charge in [0.05, 0.1) is 7.11 Å². The lowest BCUT2D eigenvalue weighted by Crippen LogP contribution is -2.21. The van der Waals surface area contributed by atoms with E-state index in [-0.39, 0.29) is 11.9 Å². The second-order valence-electron chi connectivity index (χ2n) is 4.91. The van der Waals surface area contributed by atoms with Crippen molar-refractivity contribution in [1.29, 1.82) is 0 Å². The molecule has 2 rings (SSSR count). The van der Waals surface area contributed by atoms with Crippen LogP contribution in [0.3, 0.4) is 0 Å². The Morgan fingerprint density at radius 1 is 1.14 bits per heavy atom. The molecule has 0 aliphatic carbocycles. The van der Waals surface area contributed by atoms with Gasteiger partial charge in [-0.05, 0) is 48.7 Å². The SMILES string of the molecule is CCC(N)Cc1cc(F)ccc1Oc1cccc(OC)c1. The third kappa shape index (κ3) is 4.20. The van der Waals surface area contributed by atoms with E-state index in [9.17, 15) is 4.39 Å². The van der Waals surface area contributed by atoms with E-state index in [1.807, 2.05) is 25.1 Å². The summed E-state index contributed by atoms with van der Waals surface area (Å²) >= 11 is 0. The van der Waals surface area contributed by atoms with Crippen LogP contribution in [0.25, 0.3) is 0 Å². The summed E-state index contributed by atoms with van der Waals surface area (Å²) in [5.74, 6) is 1.69. The number of halogens is 1. The van der Waals surface area contributed by atoms with E-state index < -0.39 is 0 Å². The van der Waals surface area contributed by atoms with Crippen LogP contribution in [0.2, 0.25) is 0 Å². The minimum absolute atomic E-state index is 0.0144. The van der Waals surface area contributed by atoms with E-state index >= 15 is 0 Å². The van der Waals surface area contributed by atoms with E-state index in [1.165, 1.54) is 12.1 Å². The van der Waals surface area contributed by atoms with Crippen molar-refractivity contribution in [1.82, 2.24) is 0 Å². The molecule has 0 bridgehead atoms. The first-order valence-electron chi connectivity index (χ1n) is 6.98. The minimum Gasteiger partial charge on any atom is -0.497 e. The van der Waals surface area contributed by atoms with Crippen LogP contribution in [0.5, 0.6) is 17.2 Å². The molecule has 2 aromatic carbocycles. The summed E-state index contributed by atoms with van der Waals surface area (Å²) in [5, 5.41) is 0. The number of hydrogen-bond acceptors (Lipinski definition) is 3. The number of nitrogens with two attached hydrogens (primary N) is 1. The van der Waals surface area contributed by atoms with Gasteiger partial charge in [-0.3, -0.25) is 0 Å². The molecule has 0 aliphatic rings. The molecule has 0 fully saturated rings. The Bertz CT molecular complexity index is 601. The molecule has 0 heterocycles. The van der Waals surface area contributed by atoms with Gasteiger partial charge in [0.2, 0.25) is 0 Å². The molecule has 0 radical (unpaired) electrons. The fourth-order valence-electron chi connectivity index (χ4n) is 2.03. The van der Waals surface area contributed by atoms with E-state index in [1.54, 1.807) is 19.2 Å². The monoisotopic (exact) mass is 289 g/mol. The zero-order chi connectivity index (χ0) is 15.2. The molecule has 2 N–H and O–H groups in total. The zero-order valence-corrected chi connectivity index (χ0v) is 12.3. The first-order chi connectivity index (χ1) is 10.1. The van der Waals surface area contributed by atoms with Crippen LogP contribution in [0, 0.1) is 5.82 Å². The lowest BCUT2D eigenvalue weighted by Gasteiger charge is -2.14. The number of benzene rings is 2. The first kappa shape index (κ1) is 15.3. The Morgan fingerprint density at radius 3 is 2.62 bits per heavy atom. The van der Waals surface area contributed by atoms with E-state index in [4.69, 9.17) is 15.2 Å². The van der Waals surface area contributed by atoms with Crippen LogP contribution in [0.15, 0.2) is 42.5 Å². The molecule has 4 heteroatoms. The van der Waals surface area contributed by atoms with Gasteiger partial charge in [0.15, 0.2) is 0 Å². The van der Waals surface area contributed by atoms with Crippen LogP contribution in [0.1, 0.15) is 18.9 Å². The van der Waals surface area contributed by atoms with Gasteiger partial charge in [-0.25, -0.2) is 4.39 Å². The fraction of sp³-hybridized carbons (Fsp3) is 0.294. The van der Waals surface area contributed by atoms with Gasteiger partial charge < -0.3 is 15.2 Å². The quantitative estimate of drug-likeness (QED) is 0.877. The molecular weight excluding hydrogens is 269 g/mol. The molecule has 112 valence electrons. The highest BCUT2D eigenvalue weighted by Gasteiger charge is 2.10. The van der Waals surface area contributed by atoms with Crippen molar-refractivity contribution < 1.29 is 13.9 Å². The smallest absolute Gasteiger partial charge is 0.131 e. The summed E-state index contributed by atoms with van der Waals surface area (Å²) in [6.07, 6.45) is 1.41. The highest BCUT2D eigenvalue weighted by molar-refractivity contribution is 5.41. The predicted octanol–water partition coefficient (Wildman–Crippen LogP) is 3.91. The molecule has 0 saturated heterocycles. The van der Waals surface area contributed by atoms with Crippen LogP contribution < -0.4 is 15.2 Å². The fourth-order valence-corrected chi connectivity index (χ4v) is 2.03. The normalized spacial score (nSPS) is 12.0. The topological polar surface area (TPSA) is 44.5 Å². The molecule has 0 saturated carbocycles. The van der Waals surface area contributed by atoms with Crippen molar-refractivity contribution in [2.45, 2.75) is 25.8 Å². The second-order valence-corrected chi connectivity index (χ2v) is 4.91. The van der Waals surface area contributed by atoms with E-state index in [0.717, 1.165) is 12.0 Å². The lowest BCUT2D eigenvalue weighted by molar-refractivity contribution is 0.408. The molecule has 0 aliphatic heterocycles. The summed E-state index contributed by atoms with van der Waals surface area (Å²) in [5.41, 5.74) is 6.74. The second kappa shape index (κ2) is 7.09. The third-order valence-electron chi connectivity index (χ3n) is 3.30. The molecule has 1 atom stereocenters. The molecular formula is C17H20FNO2. The number of methoxy groups -OCH3 is 1. The van der Waals surface area contributed by atoms with Gasteiger partial charge in [0, 0.05) is 12.1 Å². The largest absolute Gasteiger partial charge is 0.497 e. The van der Waals surface area contributed by atoms with Gasteiger partial charge in [0.1, 0.15) is 23.1 Å². The van der Waals surface area contributed by atoms with Gasteiger partial charge in [0.25, 0.3) is 0 Å². The van der Waals surface area contributed by atoms with Crippen LogP contribution >= 0.6 is 0 Å². The Morgan fingerprint density at radius 2 is 1.90 bits per heavy atom. The van der Waals surface area contributed by atoms with Crippen molar-refractivity contribution in [3.8, 4) is 17.2 Å². The van der Waals surface area contributed by atoms with Gasteiger partial charge in [-0.15, -0.1) is 0 Å². The van der Waals surface area contributed by atoms with E-state index in [2.05, 4.69) is 0 Å². The number of rotatable bonds is 6. The Labute approximate surface area is 124 Å². The van der Waals surface area contributed by atoms with Gasteiger partial charge in [-0.2, -0.15) is 0 Å². The minimum atomic E-state index is -0.286. The maximum absolute atomic E-state index is 13.4. The first-order valence-corrected chi connectivity index (χ1v) is 6.98. The average Bonchev–Trinajstić information content (AvgIpc) is 2.50. The molecule has 0 amide bonds. The van der Waals surface area contributed by atoms with Crippen molar-refractivity contribution in [2.75, 3.05) is 7.11 Å². The summed E-state index contributed by atoms with van der Waals surface area (Å²) in [7, 11) is 1.60. The van der Waals surface area contributed by atoms with Crippen LogP contribution in [-0.4, -0.2) is 13.2 Å². The Kier molecular flexibility index (Phi) is 5.17. The average molecular weight is 289 g/mol. The zero-order valence-electron chi connectivity index (χ0n) is 12.3. The number of hydrogen-bond donors (Lipinski definition) is 1. The predicted molar refractivity (Wildman–Crippen MR) is 81.4 cm³/mol. The molecule has 2 aromatic rings. The molecule has 0 spiro atoms. The highest BCUT2D eigenvalue weighted by atomic mass is 19.1. The lowest BCUT2D eigenvalue weighted by atomic mass is 10.0. The van der Waals surface area contributed by atoms with E-state index in [0.29, 0.717) is 23.7 Å². The van der Waals surface area contributed by atoms with Crippen LogP contribution in [0.4, 0.5) is 4.39 Å². The van der Waals surface area contributed by atoms with Gasteiger partial charge in [-0.1, -0.05) is 13.0 Å². The van der Waals surface area contributed by atoms with Crippen molar-refractivity contribution in [3.63, 3.8) is 0 Å². The van der Waals surface area contributed by atoms with Crippen molar-refractivity contribution in [2.24, 2.45) is 5.73 Å². The maximum atomic E-state index is 13.4. The Balaban J connectivity index is 2.25. The summed E-state index contributed by atoms with van der Waals surface area (Å²) in [4.78, 5) is 0. The van der Waals surface area contributed by atoms with Crippen molar-refractivity contribution >= 4 is 0 Å². The number of ether oxygens (including phenoxy) is 2. The molecule has 3 nitrogen and oxygen atoms in total. The molecule has 1 unspecified atom stereocenters. The maximum Gasteiger partial charge on any atom is 0.131 e. The Hall–Kier alpha value is -2.07. The summed E-state index contributed by atoms with van der Waals surface area (Å²) in [6, 6.07) is 11.8. The summed E-state index contributed by atoms with van der Waals surface area (Å²) < 4.78 is 24.5. The standard InChI is InChI=1S/C17H20FNO2/c1-3-14(19)10-12-9-13(18)7-8-17(12)21-16-6-4-5-15(11-16)20-2/h4-9,11,14H,3,10,19H2,1-2H3. The molecule has 21 heavy (non-hydrogen) atoms.